The molecule has 1 saturated heterocycles. The fraction of sp³-hybridized carbons (Fsp3) is 0.600. The SMILES string of the molecule is Cc1ccc(NC(=O)N2CCCC2C(=O)NCC2CCCCC2)cc1. The molecule has 1 aliphatic carbocycles. The summed E-state index contributed by atoms with van der Waals surface area (Å²) in [6, 6.07) is 7.19. The number of aryl methyl sites for hydroxylation is 1. The number of urea groups is 1. The smallest absolute Gasteiger partial charge is 0.322 e. The Morgan fingerprint density at radius 3 is 2.48 bits per heavy atom. The number of carbonyl (C=O) groups excluding carboxylic acids is 2. The highest BCUT2D eigenvalue weighted by molar-refractivity contribution is 5.94. The van der Waals surface area contributed by atoms with Crippen LogP contribution in [-0.2, 0) is 4.79 Å². The van der Waals surface area contributed by atoms with Gasteiger partial charge in [-0.15, -0.1) is 0 Å². The molecule has 1 aromatic carbocycles. The van der Waals surface area contributed by atoms with Gasteiger partial charge in [0.1, 0.15) is 6.04 Å². The number of nitrogens with zero attached hydrogens (tertiary/aromatic N) is 1. The Hall–Kier alpha value is -2.04. The Morgan fingerprint density at radius 2 is 1.76 bits per heavy atom. The highest BCUT2D eigenvalue weighted by atomic mass is 16.2. The van der Waals surface area contributed by atoms with E-state index in [0.717, 1.165) is 30.6 Å². The molecule has 1 saturated carbocycles. The van der Waals surface area contributed by atoms with Crippen LogP contribution in [0.1, 0.15) is 50.5 Å². The zero-order valence-corrected chi connectivity index (χ0v) is 15.1. The predicted octanol–water partition coefficient (Wildman–Crippen LogP) is 3.69. The maximum Gasteiger partial charge on any atom is 0.322 e. The number of carbonyl (C=O) groups is 2. The van der Waals surface area contributed by atoms with Gasteiger partial charge in [0.2, 0.25) is 5.91 Å². The second-order valence-corrected chi connectivity index (χ2v) is 7.40. The minimum Gasteiger partial charge on any atom is -0.354 e. The van der Waals surface area contributed by atoms with Crippen molar-refractivity contribution in [3.05, 3.63) is 29.8 Å². The van der Waals surface area contributed by atoms with Crippen LogP contribution in [0.3, 0.4) is 0 Å². The highest BCUT2D eigenvalue weighted by Crippen LogP contribution is 2.23. The molecular formula is C20H29N3O2. The van der Waals surface area contributed by atoms with Gasteiger partial charge in [-0.3, -0.25) is 4.79 Å². The lowest BCUT2D eigenvalue weighted by atomic mass is 9.89. The molecule has 1 atom stereocenters. The Morgan fingerprint density at radius 1 is 1.04 bits per heavy atom. The van der Waals surface area contributed by atoms with Crippen molar-refractivity contribution in [1.29, 1.82) is 0 Å². The zero-order chi connectivity index (χ0) is 17.6. The van der Waals surface area contributed by atoms with Crippen molar-refractivity contribution in [1.82, 2.24) is 10.2 Å². The standard InChI is InChI=1S/C20H29N3O2/c1-15-9-11-17(12-10-15)22-20(25)23-13-5-8-18(23)19(24)21-14-16-6-3-2-4-7-16/h9-12,16,18H,2-8,13-14H2,1H3,(H,21,24)(H,22,25). The van der Waals surface area contributed by atoms with Crippen LogP contribution in [0.15, 0.2) is 24.3 Å². The number of rotatable bonds is 4. The molecule has 25 heavy (non-hydrogen) atoms. The monoisotopic (exact) mass is 343 g/mol. The molecule has 1 aliphatic heterocycles. The molecule has 3 rings (SSSR count). The molecule has 0 radical (unpaired) electrons. The molecule has 5 heteroatoms. The molecule has 2 N–H and O–H groups in total. The van der Waals surface area contributed by atoms with Crippen LogP contribution in [0.4, 0.5) is 10.5 Å². The number of benzene rings is 1. The van der Waals surface area contributed by atoms with E-state index in [2.05, 4.69) is 10.6 Å². The first-order valence-electron chi connectivity index (χ1n) is 9.55. The van der Waals surface area contributed by atoms with E-state index in [-0.39, 0.29) is 18.0 Å². The van der Waals surface area contributed by atoms with Gasteiger partial charge < -0.3 is 15.5 Å². The van der Waals surface area contributed by atoms with Gasteiger partial charge in [-0.05, 0) is 50.7 Å². The van der Waals surface area contributed by atoms with Crippen molar-refractivity contribution in [3.8, 4) is 0 Å². The summed E-state index contributed by atoms with van der Waals surface area (Å²) in [7, 11) is 0. The van der Waals surface area contributed by atoms with Gasteiger partial charge in [0.15, 0.2) is 0 Å². The van der Waals surface area contributed by atoms with Gasteiger partial charge in [-0.2, -0.15) is 0 Å². The molecule has 0 spiro atoms. The summed E-state index contributed by atoms with van der Waals surface area (Å²) >= 11 is 0. The molecule has 1 heterocycles. The Kier molecular flexibility index (Phi) is 5.95. The average molecular weight is 343 g/mol. The fourth-order valence-electron chi connectivity index (χ4n) is 3.87. The molecule has 136 valence electrons. The topological polar surface area (TPSA) is 61.4 Å². The lowest BCUT2D eigenvalue weighted by Gasteiger charge is -2.26. The quantitative estimate of drug-likeness (QED) is 0.876. The zero-order valence-electron chi connectivity index (χ0n) is 15.1. The third-order valence-corrected chi connectivity index (χ3v) is 5.41. The summed E-state index contributed by atoms with van der Waals surface area (Å²) in [5, 5.41) is 6.00. The maximum atomic E-state index is 12.6. The molecule has 0 aromatic heterocycles. The lowest BCUT2D eigenvalue weighted by Crippen LogP contribution is -2.48. The van der Waals surface area contributed by atoms with Gasteiger partial charge in [-0.1, -0.05) is 37.0 Å². The molecule has 3 amide bonds. The van der Waals surface area contributed by atoms with Gasteiger partial charge in [-0.25, -0.2) is 4.79 Å². The molecule has 5 nitrogen and oxygen atoms in total. The third-order valence-electron chi connectivity index (χ3n) is 5.41. The molecule has 1 aromatic rings. The van der Waals surface area contributed by atoms with Crippen LogP contribution >= 0.6 is 0 Å². The molecule has 2 fully saturated rings. The number of nitrogens with one attached hydrogen (secondary N) is 2. The van der Waals surface area contributed by atoms with E-state index in [1.165, 1.54) is 32.1 Å². The van der Waals surface area contributed by atoms with Crippen LogP contribution in [0.5, 0.6) is 0 Å². The average Bonchev–Trinajstić information content (AvgIpc) is 3.12. The number of amides is 3. The summed E-state index contributed by atoms with van der Waals surface area (Å²) in [6.45, 7) is 3.40. The van der Waals surface area contributed by atoms with E-state index in [4.69, 9.17) is 0 Å². The minimum absolute atomic E-state index is 0.00197. The number of likely N-dealkylation sites (tertiary alicyclic amines) is 1. The van der Waals surface area contributed by atoms with Crippen LogP contribution in [0, 0.1) is 12.8 Å². The largest absolute Gasteiger partial charge is 0.354 e. The van der Waals surface area contributed by atoms with Crippen LogP contribution in [0.25, 0.3) is 0 Å². The summed E-state index contributed by atoms with van der Waals surface area (Å²) < 4.78 is 0. The number of hydrogen-bond donors (Lipinski definition) is 2. The van der Waals surface area contributed by atoms with Crippen molar-refractivity contribution < 1.29 is 9.59 Å². The second-order valence-electron chi connectivity index (χ2n) is 7.40. The number of hydrogen-bond acceptors (Lipinski definition) is 2. The van der Waals surface area contributed by atoms with Crippen LogP contribution in [-0.4, -0.2) is 36.0 Å². The Labute approximate surface area is 150 Å². The Bertz CT molecular complexity index is 593. The lowest BCUT2D eigenvalue weighted by molar-refractivity contribution is -0.124. The van der Waals surface area contributed by atoms with E-state index >= 15 is 0 Å². The maximum absolute atomic E-state index is 12.6. The second kappa shape index (κ2) is 8.37. The van der Waals surface area contributed by atoms with Crippen molar-refractivity contribution in [2.75, 3.05) is 18.4 Å². The fourth-order valence-corrected chi connectivity index (χ4v) is 3.87. The summed E-state index contributed by atoms with van der Waals surface area (Å²) in [6.07, 6.45) is 7.91. The molecular weight excluding hydrogens is 314 g/mol. The van der Waals surface area contributed by atoms with E-state index in [9.17, 15) is 9.59 Å². The van der Waals surface area contributed by atoms with Gasteiger partial charge >= 0.3 is 6.03 Å². The van der Waals surface area contributed by atoms with Gasteiger partial charge in [0, 0.05) is 18.8 Å². The summed E-state index contributed by atoms with van der Waals surface area (Å²) in [5.41, 5.74) is 1.92. The molecule has 2 aliphatic rings. The first-order valence-corrected chi connectivity index (χ1v) is 9.55. The van der Waals surface area contributed by atoms with E-state index < -0.39 is 0 Å². The van der Waals surface area contributed by atoms with Crippen molar-refractivity contribution in [2.24, 2.45) is 5.92 Å². The predicted molar refractivity (Wildman–Crippen MR) is 99.5 cm³/mol. The first kappa shape index (κ1) is 17.8. The van der Waals surface area contributed by atoms with Crippen LogP contribution in [0.2, 0.25) is 0 Å². The summed E-state index contributed by atoms with van der Waals surface area (Å²) in [4.78, 5) is 26.8. The van der Waals surface area contributed by atoms with Crippen molar-refractivity contribution in [2.45, 2.75) is 57.9 Å². The first-order chi connectivity index (χ1) is 12.1. The minimum atomic E-state index is -0.339. The Balaban J connectivity index is 1.52. The van der Waals surface area contributed by atoms with Gasteiger partial charge in [0.05, 0.1) is 0 Å². The normalized spacial score (nSPS) is 21.2. The third kappa shape index (κ3) is 4.74. The molecule has 0 bridgehead atoms. The van der Waals surface area contributed by atoms with Crippen LogP contribution < -0.4 is 10.6 Å². The summed E-state index contributed by atoms with van der Waals surface area (Å²) in [5.74, 6) is 0.607. The highest BCUT2D eigenvalue weighted by Gasteiger charge is 2.34. The van der Waals surface area contributed by atoms with Crippen molar-refractivity contribution >= 4 is 17.6 Å². The molecule has 1 unspecified atom stereocenters. The number of anilines is 1. The van der Waals surface area contributed by atoms with E-state index in [1.54, 1.807) is 4.90 Å². The van der Waals surface area contributed by atoms with E-state index in [1.807, 2.05) is 31.2 Å². The van der Waals surface area contributed by atoms with Gasteiger partial charge in [0.25, 0.3) is 0 Å². The van der Waals surface area contributed by atoms with Crippen molar-refractivity contribution in [3.63, 3.8) is 0 Å². The van der Waals surface area contributed by atoms with E-state index in [0.29, 0.717) is 12.5 Å².